The Labute approximate surface area is 165 Å². The summed E-state index contributed by atoms with van der Waals surface area (Å²) in [6.45, 7) is 1.89. The Bertz CT molecular complexity index is 894. The molecule has 1 amide bonds. The molecule has 0 spiro atoms. The Kier molecular flexibility index (Phi) is 6.40. The average molecular weight is 407 g/mol. The number of ether oxygens (including phenoxy) is 1. The van der Waals surface area contributed by atoms with Crippen molar-refractivity contribution in [2.24, 2.45) is 0 Å². The number of methoxy groups -OCH3 is 1. The van der Waals surface area contributed by atoms with Gasteiger partial charge in [-0.05, 0) is 37.1 Å². The zero-order valence-corrected chi connectivity index (χ0v) is 16.9. The van der Waals surface area contributed by atoms with Crippen LogP contribution in [0, 0.1) is 6.92 Å². The lowest BCUT2D eigenvalue weighted by Crippen LogP contribution is -2.12. The average Bonchev–Trinajstić information content (AvgIpc) is 3.04. The van der Waals surface area contributed by atoms with E-state index < -0.39 is 0 Å². The molecule has 7 heteroatoms. The summed E-state index contributed by atoms with van der Waals surface area (Å²) in [5.41, 5.74) is 2.58. The smallest absolute Gasteiger partial charge is 0.224 e. The van der Waals surface area contributed by atoms with Gasteiger partial charge in [0.15, 0.2) is 4.34 Å². The number of anilines is 1. The van der Waals surface area contributed by atoms with Gasteiger partial charge in [-0.1, -0.05) is 35.5 Å². The second kappa shape index (κ2) is 8.75. The number of para-hydroxylation sites is 1. The summed E-state index contributed by atoms with van der Waals surface area (Å²) in [7, 11) is 1.56. The highest BCUT2D eigenvalue weighted by atomic mass is 35.5. The highest BCUT2D eigenvalue weighted by Gasteiger charge is 2.11. The van der Waals surface area contributed by atoms with Crippen LogP contribution < -0.4 is 10.1 Å². The minimum atomic E-state index is -0.0325. The van der Waals surface area contributed by atoms with E-state index in [2.05, 4.69) is 16.4 Å². The summed E-state index contributed by atoms with van der Waals surface area (Å²) in [5.74, 6) is 1.39. The van der Waals surface area contributed by atoms with Gasteiger partial charge >= 0.3 is 0 Å². The van der Waals surface area contributed by atoms with E-state index in [1.807, 2.05) is 31.2 Å². The number of hydrogen-bond acceptors (Lipinski definition) is 5. The molecule has 4 nitrogen and oxygen atoms in total. The molecule has 1 heterocycles. The molecule has 0 bridgehead atoms. The highest BCUT2D eigenvalue weighted by molar-refractivity contribution is 8.01. The molecule has 0 saturated carbocycles. The predicted octanol–water partition coefficient (Wildman–Crippen LogP) is 5.78. The van der Waals surface area contributed by atoms with Crippen molar-refractivity contribution in [3.8, 4) is 5.75 Å². The molecular weight excluding hydrogens is 388 g/mol. The molecule has 0 aliphatic heterocycles. The number of carbonyl (C=O) groups is 1. The second-order valence-corrected chi connectivity index (χ2v) is 8.53. The molecule has 1 aromatic heterocycles. The maximum atomic E-state index is 12.2. The van der Waals surface area contributed by atoms with E-state index in [0.29, 0.717) is 22.9 Å². The van der Waals surface area contributed by atoms with E-state index in [-0.39, 0.29) is 5.91 Å². The topological polar surface area (TPSA) is 51.2 Å². The van der Waals surface area contributed by atoms with E-state index >= 15 is 0 Å². The van der Waals surface area contributed by atoms with Crippen LogP contribution in [0.3, 0.4) is 0 Å². The zero-order chi connectivity index (χ0) is 18.5. The van der Waals surface area contributed by atoms with Gasteiger partial charge in [0.05, 0.1) is 23.0 Å². The highest BCUT2D eigenvalue weighted by Crippen LogP contribution is 2.32. The third-order valence-electron chi connectivity index (χ3n) is 3.80. The maximum Gasteiger partial charge on any atom is 0.224 e. The van der Waals surface area contributed by atoms with Crippen LogP contribution in [0.25, 0.3) is 10.2 Å². The number of nitrogens with zero attached hydrogens (tertiary/aromatic N) is 1. The van der Waals surface area contributed by atoms with Gasteiger partial charge in [0.2, 0.25) is 5.91 Å². The van der Waals surface area contributed by atoms with Crippen molar-refractivity contribution < 1.29 is 9.53 Å². The summed E-state index contributed by atoms with van der Waals surface area (Å²) in [4.78, 5) is 16.8. The number of hydrogen-bond donors (Lipinski definition) is 1. The Hall–Kier alpha value is -1.76. The van der Waals surface area contributed by atoms with Crippen molar-refractivity contribution in [2.75, 3.05) is 18.2 Å². The van der Waals surface area contributed by atoms with Gasteiger partial charge in [-0.2, -0.15) is 0 Å². The number of thioether (sulfide) groups is 1. The van der Waals surface area contributed by atoms with Crippen molar-refractivity contribution in [1.82, 2.24) is 4.98 Å². The third-order valence-corrected chi connectivity index (χ3v) is 6.48. The molecule has 0 atom stereocenters. The summed E-state index contributed by atoms with van der Waals surface area (Å²) >= 11 is 9.47. The fraction of sp³-hybridized carbons (Fsp3) is 0.263. The number of thiazole rings is 1. The SMILES string of the molecule is COc1cc(Cl)c(C)cc1NC(=O)CCCSc1nc2ccccc2s1. The molecule has 0 saturated heterocycles. The van der Waals surface area contributed by atoms with Gasteiger partial charge in [0.25, 0.3) is 0 Å². The normalized spacial score (nSPS) is 10.9. The largest absolute Gasteiger partial charge is 0.495 e. The van der Waals surface area contributed by atoms with Crippen LogP contribution in [0.5, 0.6) is 5.75 Å². The van der Waals surface area contributed by atoms with Crippen LogP contribution in [-0.4, -0.2) is 23.8 Å². The lowest BCUT2D eigenvalue weighted by Gasteiger charge is -2.12. The summed E-state index contributed by atoms with van der Waals surface area (Å²) in [6.07, 6.45) is 1.23. The van der Waals surface area contributed by atoms with Crippen LogP contribution in [0.15, 0.2) is 40.7 Å². The maximum absolute atomic E-state index is 12.2. The predicted molar refractivity (Wildman–Crippen MR) is 111 cm³/mol. The zero-order valence-electron chi connectivity index (χ0n) is 14.5. The number of benzene rings is 2. The Balaban J connectivity index is 1.49. The molecule has 0 unspecified atom stereocenters. The molecular formula is C19H19ClN2O2S2. The van der Waals surface area contributed by atoms with E-state index in [9.17, 15) is 4.79 Å². The molecule has 0 fully saturated rings. The third kappa shape index (κ3) is 4.69. The fourth-order valence-electron chi connectivity index (χ4n) is 2.45. The van der Waals surface area contributed by atoms with Gasteiger partial charge in [-0.15, -0.1) is 11.3 Å². The van der Waals surface area contributed by atoms with E-state index in [0.717, 1.165) is 27.6 Å². The van der Waals surface area contributed by atoms with Crippen LogP contribution >= 0.6 is 34.7 Å². The first-order valence-corrected chi connectivity index (χ1v) is 10.4. The van der Waals surface area contributed by atoms with Crippen molar-refractivity contribution in [1.29, 1.82) is 0 Å². The number of rotatable bonds is 7. The summed E-state index contributed by atoms with van der Waals surface area (Å²) < 4.78 is 7.52. The quantitative estimate of drug-likeness (QED) is 0.399. The Morgan fingerprint density at radius 3 is 2.92 bits per heavy atom. The lowest BCUT2D eigenvalue weighted by atomic mass is 10.2. The van der Waals surface area contributed by atoms with Crippen molar-refractivity contribution in [2.45, 2.75) is 24.1 Å². The summed E-state index contributed by atoms with van der Waals surface area (Å²) in [5, 5.41) is 3.52. The van der Waals surface area contributed by atoms with E-state index in [4.69, 9.17) is 16.3 Å². The summed E-state index contributed by atoms with van der Waals surface area (Å²) in [6, 6.07) is 11.7. The van der Waals surface area contributed by atoms with E-state index in [1.165, 1.54) is 4.70 Å². The molecule has 26 heavy (non-hydrogen) atoms. The molecule has 3 rings (SSSR count). The number of aryl methyl sites for hydroxylation is 1. The standard InChI is InChI=1S/C19H19ClN2O2S2/c1-12-10-15(16(24-2)11-13(12)20)21-18(23)8-5-9-25-19-22-14-6-3-4-7-17(14)26-19/h3-4,6-7,10-11H,5,8-9H2,1-2H3,(H,21,23). The molecule has 3 aromatic rings. The van der Waals surface area contributed by atoms with Crippen LogP contribution in [-0.2, 0) is 4.79 Å². The van der Waals surface area contributed by atoms with Crippen LogP contribution in [0.1, 0.15) is 18.4 Å². The number of aromatic nitrogens is 1. The number of fused-ring (bicyclic) bond motifs is 1. The first kappa shape index (κ1) is 19.0. The van der Waals surface area contributed by atoms with Gasteiger partial charge in [-0.25, -0.2) is 4.98 Å². The monoisotopic (exact) mass is 406 g/mol. The number of amides is 1. The lowest BCUT2D eigenvalue weighted by molar-refractivity contribution is -0.116. The molecule has 136 valence electrons. The van der Waals surface area contributed by atoms with Crippen molar-refractivity contribution in [3.63, 3.8) is 0 Å². The van der Waals surface area contributed by atoms with Gasteiger partial charge in [0.1, 0.15) is 5.75 Å². The number of nitrogens with one attached hydrogen (secondary N) is 1. The first-order valence-electron chi connectivity index (χ1n) is 8.19. The molecule has 0 radical (unpaired) electrons. The molecule has 0 aliphatic rings. The van der Waals surface area contributed by atoms with Crippen molar-refractivity contribution in [3.05, 3.63) is 47.0 Å². The number of halogens is 1. The van der Waals surface area contributed by atoms with Crippen LogP contribution in [0.2, 0.25) is 5.02 Å². The first-order chi connectivity index (χ1) is 12.6. The Morgan fingerprint density at radius 2 is 2.15 bits per heavy atom. The molecule has 1 N–H and O–H groups in total. The van der Waals surface area contributed by atoms with E-state index in [1.54, 1.807) is 36.3 Å². The van der Waals surface area contributed by atoms with Gasteiger partial charge in [-0.3, -0.25) is 4.79 Å². The Morgan fingerprint density at radius 1 is 1.35 bits per heavy atom. The second-order valence-electron chi connectivity index (χ2n) is 5.75. The molecule has 0 aliphatic carbocycles. The van der Waals surface area contributed by atoms with Gasteiger partial charge < -0.3 is 10.1 Å². The number of carbonyl (C=O) groups excluding carboxylic acids is 1. The minimum absolute atomic E-state index is 0.0325. The van der Waals surface area contributed by atoms with Crippen LogP contribution in [0.4, 0.5) is 5.69 Å². The van der Waals surface area contributed by atoms with Gasteiger partial charge in [0, 0.05) is 23.3 Å². The minimum Gasteiger partial charge on any atom is -0.495 e. The fourth-order valence-corrected chi connectivity index (χ4v) is 4.68. The van der Waals surface area contributed by atoms with Crippen molar-refractivity contribution >= 4 is 56.5 Å². The molecule has 2 aromatic carbocycles.